The van der Waals surface area contributed by atoms with Crippen molar-refractivity contribution in [3.8, 4) is 0 Å². The van der Waals surface area contributed by atoms with Crippen molar-refractivity contribution < 1.29 is 19.4 Å². The maximum atomic E-state index is 11.9. The highest BCUT2D eigenvalue weighted by molar-refractivity contribution is 5.70. The molecule has 0 radical (unpaired) electrons. The average molecular weight is 350 g/mol. The molecule has 0 amide bonds. The Morgan fingerprint density at radius 1 is 1.12 bits per heavy atom. The fraction of sp³-hybridized carbons (Fsp3) is 0.619. The molecule has 0 rings (SSSR count). The van der Waals surface area contributed by atoms with Crippen molar-refractivity contribution in [2.45, 2.75) is 71.3 Å². The Hall–Kier alpha value is -1.84. The topological polar surface area (TPSA) is 63.6 Å². The molecule has 25 heavy (non-hydrogen) atoms. The lowest BCUT2D eigenvalue weighted by Gasteiger charge is -2.24. The molecule has 0 saturated carbocycles. The summed E-state index contributed by atoms with van der Waals surface area (Å²) in [7, 11) is 0. The number of carbonyl (C=O) groups excluding carboxylic acids is 1. The molecule has 0 aromatic heterocycles. The van der Waals surface area contributed by atoms with Crippen molar-refractivity contribution >= 4 is 11.9 Å². The van der Waals surface area contributed by atoms with Crippen LogP contribution in [0.1, 0.15) is 65.2 Å². The highest BCUT2D eigenvalue weighted by Crippen LogP contribution is 2.26. The summed E-state index contributed by atoms with van der Waals surface area (Å²) in [5, 5.41) is 9.19. The van der Waals surface area contributed by atoms with Gasteiger partial charge in [-0.15, -0.1) is 13.2 Å². The predicted molar refractivity (Wildman–Crippen MR) is 102 cm³/mol. The Labute approximate surface area is 152 Å². The molecule has 0 heterocycles. The molecule has 0 aliphatic heterocycles. The van der Waals surface area contributed by atoms with Crippen LogP contribution in [-0.4, -0.2) is 23.1 Å². The minimum atomic E-state index is -0.817. The van der Waals surface area contributed by atoms with E-state index in [0.29, 0.717) is 18.8 Å². The van der Waals surface area contributed by atoms with Crippen LogP contribution in [0, 0.1) is 11.8 Å². The Morgan fingerprint density at radius 3 is 2.28 bits per heavy atom. The maximum Gasteiger partial charge on any atom is 0.306 e. The van der Waals surface area contributed by atoms with E-state index in [1.54, 1.807) is 6.08 Å². The molecule has 0 aromatic rings. The average Bonchev–Trinajstić information content (AvgIpc) is 2.54. The summed E-state index contributed by atoms with van der Waals surface area (Å²) in [5.41, 5.74) is 0.752. The first-order valence-corrected chi connectivity index (χ1v) is 9.08. The van der Waals surface area contributed by atoms with Crippen LogP contribution >= 0.6 is 0 Å². The van der Waals surface area contributed by atoms with E-state index in [9.17, 15) is 14.7 Å². The molecular formula is C21H34O4. The molecule has 0 aromatic carbocycles. The van der Waals surface area contributed by atoms with E-state index in [2.05, 4.69) is 26.7 Å². The van der Waals surface area contributed by atoms with Crippen LogP contribution in [0.2, 0.25) is 0 Å². The number of carboxylic acid groups (broad SMARTS) is 1. The number of carboxylic acids is 1. The fourth-order valence-electron chi connectivity index (χ4n) is 2.71. The SMILES string of the molecule is C=CCCC(=O)OC(CC(CCC(C)CCC=C)CC(=O)O)C(=C)C. The van der Waals surface area contributed by atoms with Gasteiger partial charge in [-0.3, -0.25) is 9.59 Å². The van der Waals surface area contributed by atoms with Crippen LogP contribution in [0.15, 0.2) is 37.5 Å². The van der Waals surface area contributed by atoms with E-state index in [-0.39, 0.29) is 24.7 Å². The zero-order chi connectivity index (χ0) is 19.2. The summed E-state index contributed by atoms with van der Waals surface area (Å²) in [4.78, 5) is 23.1. The van der Waals surface area contributed by atoms with Gasteiger partial charge < -0.3 is 9.84 Å². The third kappa shape index (κ3) is 12.2. The Morgan fingerprint density at radius 2 is 1.76 bits per heavy atom. The van der Waals surface area contributed by atoms with Gasteiger partial charge in [0.25, 0.3) is 0 Å². The third-order valence-electron chi connectivity index (χ3n) is 4.32. The van der Waals surface area contributed by atoms with Crippen molar-refractivity contribution in [3.05, 3.63) is 37.5 Å². The Kier molecular flexibility index (Phi) is 12.5. The number of hydrogen-bond donors (Lipinski definition) is 1. The van der Waals surface area contributed by atoms with E-state index < -0.39 is 12.1 Å². The number of ether oxygens (including phenoxy) is 1. The second-order valence-electron chi connectivity index (χ2n) is 6.90. The zero-order valence-electron chi connectivity index (χ0n) is 15.8. The number of allylic oxidation sites excluding steroid dienone is 2. The number of carbonyl (C=O) groups is 2. The molecule has 142 valence electrons. The Bertz CT molecular complexity index is 453. The zero-order valence-corrected chi connectivity index (χ0v) is 15.8. The maximum absolute atomic E-state index is 11.9. The highest BCUT2D eigenvalue weighted by atomic mass is 16.5. The van der Waals surface area contributed by atoms with Gasteiger partial charge in [0.05, 0.1) is 0 Å². The van der Waals surface area contributed by atoms with Crippen LogP contribution in [0.5, 0.6) is 0 Å². The van der Waals surface area contributed by atoms with Gasteiger partial charge in [0, 0.05) is 12.8 Å². The molecule has 0 aliphatic rings. The van der Waals surface area contributed by atoms with Crippen LogP contribution in [0.4, 0.5) is 0 Å². The molecule has 1 N–H and O–H groups in total. The highest BCUT2D eigenvalue weighted by Gasteiger charge is 2.23. The molecule has 0 fully saturated rings. The van der Waals surface area contributed by atoms with Crippen LogP contribution in [0.3, 0.4) is 0 Å². The van der Waals surface area contributed by atoms with Gasteiger partial charge in [0.15, 0.2) is 0 Å². The van der Waals surface area contributed by atoms with Gasteiger partial charge in [0.2, 0.25) is 0 Å². The lowest BCUT2D eigenvalue weighted by atomic mass is 9.87. The fourth-order valence-corrected chi connectivity index (χ4v) is 2.71. The first kappa shape index (κ1) is 23.2. The summed E-state index contributed by atoms with van der Waals surface area (Å²) in [6.07, 6.45) is 8.40. The first-order valence-electron chi connectivity index (χ1n) is 9.08. The van der Waals surface area contributed by atoms with Crippen molar-refractivity contribution in [1.82, 2.24) is 0 Å². The lowest BCUT2D eigenvalue weighted by molar-refractivity contribution is -0.148. The minimum absolute atomic E-state index is 0.0300. The molecule has 3 atom stereocenters. The van der Waals surface area contributed by atoms with Crippen molar-refractivity contribution in [2.75, 3.05) is 0 Å². The Balaban J connectivity index is 4.71. The van der Waals surface area contributed by atoms with Crippen molar-refractivity contribution in [2.24, 2.45) is 11.8 Å². The van der Waals surface area contributed by atoms with Gasteiger partial charge in [-0.2, -0.15) is 0 Å². The van der Waals surface area contributed by atoms with E-state index in [1.807, 2.05) is 13.0 Å². The summed E-state index contributed by atoms with van der Waals surface area (Å²) >= 11 is 0. The molecule has 0 aliphatic carbocycles. The predicted octanol–water partition coefficient (Wildman–Crippen LogP) is 5.30. The van der Waals surface area contributed by atoms with Crippen molar-refractivity contribution in [3.63, 3.8) is 0 Å². The number of rotatable bonds is 15. The number of hydrogen-bond acceptors (Lipinski definition) is 3. The quantitative estimate of drug-likeness (QED) is 0.321. The monoisotopic (exact) mass is 350 g/mol. The largest absolute Gasteiger partial charge is 0.481 e. The number of aliphatic carboxylic acids is 1. The third-order valence-corrected chi connectivity index (χ3v) is 4.32. The molecular weight excluding hydrogens is 316 g/mol. The molecule has 0 bridgehead atoms. The molecule has 3 unspecified atom stereocenters. The lowest BCUT2D eigenvalue weighted by Crippen LogP contribution is -2.24. The van der Waals surface area contributed by atoms with E-state index in [0.717, 1.165) is 31.3 Å². The first-order chi connectivity index (χ1) is 11.8. The molecule has 4 nitrogen and oxygen atoms in total. The summed E-state index contributed by atoms with van der Waals surface area (Å²) < 4.78 is 5.51. The second kappa shape index (κ2) is 13.5. The van der Waals surface area contributed by atoms with Crippen LogP contribution < -0.4 is 0 Å². The molecule has 4 heteroatoms. The smallest absolute Gasteiger partial charge is 0.306 e. The summed E-state index contributed by atoms with van der Waals surface area (Å²) in [6.45, 7) is 15.2. The number of esters is 1. The van der Waals surface area contributed by atoms with Crippen LogP contribution in [0.25, 0.3) is 0 Å². The minimum Gasteiger partial charge on any atom is -0.481 e. The van der Waals surface area contributed by atoms with Gasteiger partial charge in [0.1, 0.15) is 6.10 Å². The summed E-state index contributed by atoms with van der Waals surface area (Å²) in [6, 6.07) is 0. The molecule has 0 spiro atoms. The summed E-state index contributed by atoms with van der Waals surface area (Å²) in [5.74, 6) is -0.617. The van der Waals surface area contributed by atoms with Gasteiger partial charge >= 0.3 is 11.9 Å². The van der Waals surface area contributed by atoms with E-state index >= 15 is 0 Å². The standard InChI is InChI=1S/C21H34O4/c1-6-8-10-17(5)12-13-18(15-20(22)23)14-19(16(3)4)25-21(24)11-9-7-2/h6-7,17-19H,1-3,8-15H2,4-5H3,(H,22,23). The molecule has 0 saturated heterocycles. The normalized spacial score (nSPS) is 14.2. The van der Waals surface area contributed by atoms with Crippen LogP contribution in [-0.2, 0) is 14.3 Å². The van der Waals surface area contributed by atoms with E-state index in [1.165, 1.54) is 0 Å². The van der Waals surface area contributed by atoms with Gasteiger partial charge in [-0.1, -0.05) is 32.1 Å². The van der Waals surface area contributed by atoms with Gasteiger partial charge in [-0.05, 0) is 56.4 Å². The van der Waals surface area contributed by atoms with Gasteiger partial charge in [-0.25, -0.2) is 0 Å². The second-order valence-corrected chi connectivity index (χ2v) is 6.90. The van der Waals surface area contributed by atoms with Crippen molar-refractivity contribution in [1.29, 1.82) is 0 Å². The van der Waals surface area contributed by atoms with E-state index in [4.69, 9.17) is 4.74 Å².